The largest absolute Gasteiger partial charge is 0.497 e. The van der Waals surface area contributed by atoms with Gasteiger partial charge in [-0.2, -0.15) is 0 Å². The summed E-state index contributed by atoms with van der Waals surface area (Å²) in [6, 6.07) is 15.7. The summed E-state index contributed by atoms with van der Waals surface area (Å²) in [4.78, 5) is 25.9. The minimum atomic E-state index is -0.408. The molecule has 0 aliphatic heterocycles. The number of benzene rings is 2. The van der Waals surface area contributed by atoms with Crippen molar-refractivity contribution in [2.45, 2.75) is 12.5 Å². The summed E-state index contributed by atoms with van der Waals surface area (Å²) in [6.07, 6.45) is 0.188. The highest BCUT2D eigenvalue weighted by molar-refractivity contribution is 5.90. The molecule has 2 N–H and O–H groups in total. The van der Waals surface area contributed by atoms with Gasteiger partial charge in [-0.1, -0.05) is 30.3 Å². The number of amides is 3. The third-order valence-corrected chi connectivity index (χ3v) is 3.73. The first-order valence-corrected chi connectivity index (χ1v) is 7.96. The van der Waals surface area contributed by atoms with Crippen molar-refractivity contribution < 1.29 is 14.3 Å². The highest BCUT2D eigenvalue weighted by atomic mass is 16.5. The molecule has 1 atom stereocenters. The lowest BCUT2D eigenvalue weighted by molar-refractivity contribution is -0.129. The molecule has 132 valence electrons. The first-order valence-electron chi connectivity index (χ1n) is 7.96. The number of nitrogens with one attached hydrogen (secondary N) is 2. The average Bonchev–Trinajstić information content (AvgIpc) is 2.62. The number of carbonyl (C=O) groups is 2. The third-order valence-electron chi connectivity index (χ3n) is 3.73. The predicted octanol–water partition coefficient (Wildman–Crippen LogP) is 3.04. The quantitative estimate of drug-likeness (QED) is 0.848. The van der Waals surface area contributed by atoms with Crippen molar-refractivity contribution in [2.75, 3.05) is 26.5 Å². The Hall–Kier alpha value is -3.02. The lowest BCUT2D eigenvalue weighted by Gasteiger charge is -2.21. The number of ether oxygens (including phenoxy) is 1. The maximum Gasteiger partial charge on any atom is 0.319 e. The predicted molar refractivity (Wildman–Crippen MR) is 97.6 cm³/mol. The molecule has 0 fully saturated rings. The van der Waals surface area contributed by atoms with Crippen LogP contribution in [-0.2, 0) is 4.79 Å². The Labute approximate surface area is 147 Å². The molecular weight excluding hydrogens is 318 g/mol. The van der Waals surface area contributed by atoms with Gasteiger partial charge in [0.05, 0.1) is 19.6 Å². The third kappa shape index (κ3) is 5.53. The molecule has 0 spiro atoms. The van der Waals surface area contributed by atoms with Crippen molar-refractivity contribution in [1.29, 1.82) is 0 Å². The molecule has 2 rings (SSSR count). The van der Waals surface area contributed by atoms with Crippen LogP contribution in [0.5, 0.6) is 5.75 Å². The van der Waals surface area contributed by atoms with Crippen LogP contribution in [0.4, 0.5) is 10.5 Å². The fourth-order valence-electron chi connectivity index (χ4n) is 2.29. The second kappa shape index (κ2) is 8.73. The van der Waals surface area contributed by atoms with Gasteiger partial charge in [0.15, 0.2) is 0 Å². The van der Waals surface area contributed by atoms with Gasteiger partial charge in [-0.3, -0.25) is 4.79 Å². The van der Waals surface area contributed by atoms with Gasteiger partial charge >= 0.3 is 6.03 Å². The molecule has 0 radical (unpaired) electrons. The Morgan fingerprint density at radius 2 is 1.68 bits per heavy atom. The Balaban J connectivity index is 2.06. The fourth-order valence-corrected chi connectivity index (χ4v) is 2.29. The zero-order chi connectivity index (χ0) is 18.2. The lowest BCUT2D eigenvalue weighted by Crippen LogP contribution is -2.36. The Bertz CT molecular complexity index is 700. The molecule has 3 amide bonds. The molecule has 2 aromatic rings. The number of methoxy groups -OCH3 is 1. The van der Waals surface area contributed by atoms with Crippen LogP contribution in [0.1, 0.15) is 18.0 Å². The summed E-state index contributed by atoms with van der Waals surface area (Å²) in [5.74, 6) is 0.656. The normalized spacial score (nSPS) is 11.3. The minimum Gasteiger partial charge on any atom is -0.497 e. The van der Waals surface area contributed by atoms with E-state index in [1.807, 2.05) is 30.3 Å². The summed E-state index contributed by atoms with van der Waals surface area (Å²) in [5, 5.41) is 5.63. The molecule has 0 saturated carbocycles. The number of urea groups is 1. The minimum absolute atomic E-state index is 0.0569. The second-order valence-corrected chi connectivity index (χ2v) is 5.78. The Morgan fingerprint density at radius 3 is 2.24 bits per heavy atom. The Kier molecular flexibility index (Phi) is 6.39. The average molecular weight is 341 g/mol. The van der Waals surface area contributed by atoms with Gasteiger partial charge in [-0.15, -0.1) is 0 Å². The van der Waals surface area contributed by atoms with Crippen LogP contribution in [0, 0.1) is 0 Å². The molecule has 0 heterocycles. The van der Waals surface area contributed by atoms with E-state index < -0.39 is 6.04 Å². The molecule has 6 heteroatoms. The van der Waals surface area contributed by atoms with E-state index in [1.165, 1.54) is 4.90 Å². The smallest absolute Gasteiger partial charge is 0.319 e. The molecule has 0 bridgehead atoms. The molecule has 6 nitrogen and oxygen atoms in total. The van der Waals surface area contributed by atoms with Crippen LogP contribution < -0.4 is 15.4 Å². The van der Waals surface area contributed by atoms with Crippen LogP contribution in [0.2, 0.25) is 0 Å². The van der Waals surface area contributed by atoms with Gasteiger partial charge < -0.3 is 20.3 Å². The second-order valence-electron chi connectivity index (χ2n) is 5.78. The van der Waals surface area contributed by atoms with E-state index in [1.54, 1.807) is 45.5 Å². The summed E-state index contributed by atoms with van der Waals surface area (Å²) in [6.45, 7) is 0. The summed E-state index contributed by atoms with van der Waals surface area (Å²) >= 11 is 0. The first-order chi connectivity index (χ1) is 12.0. The molecular formula is C19H23N3O3. The maximum absolute atomic E-state index is 12.3. The van der Waals surface area contributed by atoms with Gasteiger partial charge in [0, 0.05) is 19.8 Å². The van der Waals surface area contributed by atoms with E-state index in [0.717, 1.165) is 5.56 Å². The zero-order valence-electron chi connectivity index (χ0n) is 14.7. The van der Waals surface area contributed by atoms with Crippen molar-refractivity contribution in [3.63, 3.8) is 0 Å². The van der Waals surface area contributed by atoms with E-state index in [-0.39, 0.29) is 18.4 Å². The van der Waals surface area contributed by atoms with E-state index >= 15 is 0 Å². The summed E-state index contributed by atoms with van der Waals surface area (Å²) < 4.78 is 5.09. The number of rotatable bonds is 6. The molecule has 0 saturated heterocycles. The van der Waals surface area contributed by atoms with Crippen molar-refractivity contribution >= 4 is 17.6 Å². The molecule has 0 unspecified atom stereocenters. The summed E-state index contributed by atoms with van der Waals surface area (Å²) in [7, 11) is 4.98. The SMILES string of the molecule is COc1ccc(NC(=O)N[C@H](CC(=O)N(C)C)c2ccccc2)cc1. The van der Waals surface area contributed by atoms with Crippen LogP contribution in [0.3, 0.4) is 0 Å². The van der Waals surface area contributed by atoms with Crippen LogP contribution in [0.15, 0.2) is 54.6 Å². The van der Waals surface area contributed by atoms with Crippen LogP contribution >= 0.6 is 0 Å². The van der Waals surface area contributed by atoms with Crippen LogP contribution in [-0.4, -0.2) is 38.0 Å². The molecule has 0 aliphatic carbocycles. The first kappa shape index (κ1) is 18.3. The standard InChI is InChI=1S/C19H23N3O3/c1-22(2)18(23)13-17(14-7-5-4-6-8-14)21-19(24)20-15-9-11-16(25-3)12-10-15/h4-12,17H,13H2,1-3H3,(H2,20,21,24)/t17-/m1/s1. The summed E-state index contributed by atoms with van der Waals surface area (Å²) in [5.41, 5.74) is 1.52. The van der Waals surface area contributed by atoms with Crippen molar-refractivity contribution in [3.05, 3.63) is 60.2 Å². The van der Waals surface area contributed by atoms with Crippen LogP contribution in [0.25, 0.3) is 0 Å². The molecule has 0 aliphatic rings. The zero-order valence-corrected chi connectivity index (χ0v) is 14.7. The number of anilines is 1. The van der Waals surface area contributed by atoms with Gasteiger partial charge in [-0.05, 0) is 29.8 Å². The van der Waals surface area contributed by atoms with E-state index in [4.69, 9.17) is 4.74 Å². The van der Waals surface area contributed by atoms with E-state index in [2.05, 4.69) is 10.6 Å². The maximum atomic E-state index is 12.3. The van der Waals surface area contributed by atoms with Crippen molar-refractivity contribution in [1.82, 2.24) is 10.2 Å². The lowest BCUT2D eigenvalue weighted by atomic mass is 10.0. The number of carbonyl (C=O) groups excluding carboxylic acids is 2. The Morgan fingerprint density at radius 1 is 1.04 bits per heavy atom. The van der Waals surface area contributed by atoms with Gasteiger partial charge in [-0.25, -0.2) is 4.79 Å². The highest BCUT2D eigenvalue weighted by Crippen LogP contribution is 2.19. The van der Waals surface area contributed by atoms with Gasteiger partial charge in [0.1, 0.15) is 5.75 Å². The molecule has 25 heavy (non-hydrogen) atoms. The molecule has 0 aromatic heterocycles. The molecule has 2 aromatic carbocycles. The number of nitrogens with zero attached hydrogens (tertiary/aromatic N) is 1. The van der Waals surface area contributed by atoms with E-state index in [9.17, 15) is 9.59 Å². The van der Waals surface area contributed by atoms with E-state index in [0.29, 0.717) is 11.4 Å². The number of hydrogen-bond acceptors (Lipinski definition) is 3. The fraction of sp³-hybridized carbons (Fsp3) is 0.263. The topological polar surface area (TPSA) is 70.7 Å². The monoisotopic (exact) mass is 341 g/mol. The highest BCUT2D eigenvalue weighted by Gasteiger charge is 2.19. The van der Waals surface area contributed by atoms with Crippen molar-refractivity contribution in [3.8, 4) is 5.75 Å². The van der Waals surface area contributed by atoms with Crippen molar-refractivity contribution in [2.24, 2.45) is 0 Å². The van der Waals surface area contributed by atoms with Gasteiger partial charge in [0.2, 0.25) is 5.91 Å². The van der Waals surface area contributed by atoms with Gasteiger partial charge in [0.25, 0.3) is 0 Å². The number of hydrogen-bond donors (Lipinski definition) is 2.